The zero-order chi connectivity index (χ0) is 15.2. The SMILES string of the molecule is CCOc1cccc(C(c2ccccc2)N2CCNCC2)c1. The van der Waals surface area contributed by atoms with Gasteiger partial charge in [-0.1, -0.05) is 42.5 Å². The van der Waals surface area contributed by atoms with Gasteiger partial charge in [0.05, 0.1) is 12.6 Å². The van der Waals surface area contributed by atoms with Gasteiger partial charge in [-0.05, 0) is 30.2 Å². The van der Waals surface area contributed by atoms with Crippen molar-refractivity contribution in [2.45, 2.75) is 13.0 Å². The molecule has 0 saturated carbocycles. The van der Waals surface area contributed by atoms with Gasteiger partial charge in [-0.2, -0.15) is 0 Å². The summed E-state index contributed by atoms with van der Waals surface area (Å²) in [7, 11) is 0. The van der Waals surface area contributed by atoms with Crippen LogP contribution in [0.25, 0.3) is 0 Å². The predicted molar refractivity (Wildman–Crippen MR) is 90.3 cm³/mol. The first-order chi connectivity index (χ1) is 10.9. The smallest absolute Gasteiger partial charge is 0.119 e. The minimum atomic E-state index is 0.295. The van der Waals surface area contributed by atoms with E-state index >= 15 is 0 Å². The molecule has 3 heteroatoms. The molecule has 2 aromatic carbocycles. The highest BCUT2D eigenvalue weighted by Gasteiger charge is 2.23. The van der Waals surface area contributed by atoms with Crippen LogP contribution in [0.2, 0.25) is 0 Å². The average Bonchev–Trinajstić information content (AvgIpc) is 2.58. The number of piperazine rings is 1. The van der Waals surface area contributed by atoms with Gasteiger partial charge in [0, 0.05) is 26.2 Å². The summed E-state index contributed by atoms with van der Waals surface area (Å²) in [6.07, 6.45) is 0. The molecule has 3 nitrogen and oxygen atoms in total. The Morgan fingerprint density at radius 2 is 1.73 bits per heavy atom. The molecule has 116 valence electrons. The summed E-state index contributed by atoms with van der Waals surface area (Å²) in [6, 6.07) is 19.6. The summed E-state index contributed by atoms with van der Waals surface area (Å²) in [5.41, 5.74) is 2.65. The summed E-state index contributed by atoms with van der Waals surface area (Å²) in [6.45, 7) is 6.96. The molecule has 0 aliphatic carbocycles. The highest BCUT2D eigenvalue weighted by molar-refractivity contribution is 5.37. The Morgan fingerprint density at radius 3 is 2.45 bits per heavy atom. The van der Waals surface area contributed by atoms with Crippen LogP contribution in [-0.2, 0) is 0 Å². The first-order valence-corrected chi connectivity index (χ1v) is 8.11. The Balaban J connectivity index is 1.95. The number of nitrogens with one attached hydrogen (secondary N) is 1. The van der Waals surface area contributed by atoms with Crippen molar-refractivity contribution in [1.29, 1.82) is 0 Å². The van der Waals surface area contributed by atoms with Crippen molar-refractivity contribution in [2.24, 2.45) is 0 Å². The van der Waals surface area contributed by atoms with E-state index in [9.17, 15) is 0 Å². The van der Waals surface area contributed by atoms with Crippen LogP contribution >= 0.6 is 0 Å². The van der Waals surface area contributed by atoms with Crippen LogP contribution in [0.1, 0.15) is 24.1 Å². The van der Waals surface area contributed by atoms with Crippen LogP contribution < -0.4 is 10.1 Å². The van der Waals surface area contributed by atoms with Gasteiger partial charge < -0.3 is 10.1 Å². The average molecular weight is 296 g/mol. The van der Waals surface area contributed by atoms with Gasteiger partial charge in [0.15, 0.2) is 0 Å². The van der Waals surface area contributed by atoms with Crippen molar-refractivity contribution in [2.75, 3.05) is 32.8 Å². The topological polar surface area (TPSA) is 24.5 Å². The molecule has 1 aliphatic heterocycles. The van der Waals surface area contributed by atoms with Crippen molar-refractivity contribution < 1.29 is 4.74 Å². The fourth-order valence-electron chi connectivity index (χ4n) is 3.13. The lowest BCUT2D eigenvalue weighted by molar-refractivity contribution is 0.198. The predicted octanol–water partition coefficient (Wildman–Crippen LogP) is 3.08. The lowest BCUT2D eigenvalue weighted by atomic mass is 9.96. The molecule has 1 saturated heterocycles. The fraction of sp³-hybridized carbons (Fsp3) is 0.368. The van der Waals surface area contributed by atoms with E-state index in [2.05, 4.69) is 58.7 Å². The van der Waals surface area contributed by atoms with E-state index in [1.165, 1.54) is 11.1 Å². The molecule has 1 heterocycles. The Kier molecular flexibility index (Phi) is 5.09. The molecule has 0 amide bonds. The van der Waals surface area contributed by atoms with Gasteiger partial charge >= 0.3 is 0 Å². The van der Waals surface area contributed by atoms with Crippen molar-refractivity contribution in [3.8, 4) is 5.75 Å². The zero-order valence-electron chi connectivity index (χ0n) is 13.2. The molecule has 1 aliphatic rings. The second-order valence-electron chi connectivity index (χ2n) is 5.60. The third-order valence-corrected chi connectivity index (χ3v) is 4.12. The van der Waals surface area contributed by atoms with Crippen molar-refractivity contribution in [3.63, 3.8) is 0 Å². The monoisotopic (exact) mass is 296 g/mol. The minimum absolute atomic E-state index is 0.295. The first kappa shape index (κ1) is 15.1. The van der Waals surface area contributed by atoms with Crippen LogP contribution in [0, 0.1) is 0 Å². The molecular formula is C19H24N2O. The van der Waals surface area contributed by atoms with Gasteiger partial charge in [-0.15, -0.1) is 0 Å². The third kappa shape index (κ3) is 3.49. The summed E-state index contributed by atoms with van der Waals surface area (Å²) in [5.74, 6) is 0.955. The van der Waals surface area contributed by atoms with Crippen molar-refractivity contribution in [3.05, 3.63) is 65.7 Å². The van der Waals surface area contributed by atoms with E-state index < -0.39 is 0 Å². The lowest BCUT2D eigenvalue weighted by Gasteiger charge is -2.35. The summed E-state index contributed by atoms with van der Waals surface area (Å²) in [5, 5.41) is 3.44. The normalized spacial score (nSPS) is 17.1. The van der Waals surface area contributed by atoms with Crippen LogP contribution in [0.4, 0.5) is 0 Å². The molecule has 22 heavy (non-hydrogen) atoms. The van der Waals surface area contributed by atoms with E-state index in [0.29, 0.717) is 12.6 Å². The van der Waals surface area contributed by atoms with E-state index in [-0.39, 0.29) is 0 Å². The highest BCUT2D eigenvalue weighted by Crippen LogP contribution is 2.30. The molecular weight excluding hydrogens is 272 g/mol. The van der Waals surface area contributed by atoms with E-state index in [1.807, 2.05) is 13.0 Å². The zero-order valence-corrected chi connectivity index (χ0v) is 13.2. The lowest BCUT2D eigenvalue weighted by Crippen LogP contribution is -2.45. The quantitative estimate of drug-likeness (QED) is 0.917. The number of benzene rings is 2. The van der Waals surface area contributed by atoms with Crippen molar-refractivity contribution in [1.82, 2.24) is 10.2 Å². The largest absolute Gasteiger partial charge is 0.494 e. The standard InChI is InChI=1S/C19H24N2O/c1-2-22-18-10-6-9-17(15-18)19(16-7-4-3-5-8-16)21-13-11-20-12-14-21/h3-10,15,19-20H,2,11-14H2,1H3. The number of nitrogens with zero attached hydrogens (tertiary/aromatic N) is 1. The molecule has 1 atom stereocenters. The van der Waals surface area contributed by atoms with Crippen LogP contribution in [-0.4, -0.2) is 37.7 Å². The maximum atomic E-state index is 5.69. The Bertz CT molecular complexity index is 579. The van der Waals surface area contributed by atoms with E-state index in [1.54, 1.807) is 0 Å². The van der Waals surface area contributed by atoms with Crippen LogP contribution in [0.5, 0.6) is 5.75 Å². The maximum absolute atomic E-state index is 5.69. The van der Waals surface area contributed by atoms with E-state index in [0.717, 1.165) is 31.9 Å². The van der Waals surface area contributed by atoms with Gasteiger partial charge in [-0.3, -0.25) is 4.90 Å². The summed E-state index contributed by atoms with van der Waals surface area (Å²) in [4.78, 5) is 2.55. The second-order valence-corrected chi connectivity index (χ2v) is 5.60. The van der Waals surface area contributed by atoms with Gasteiger partial charge in [0.2, 0.25) is 0 Å². The second kappa shape index (κ2) is 7.43. The summed E-state index contributed by atoms with van der Waals surface area (Å²) >= 11 is 0. The number of ether oxygens (including phenoxy) is 1. The Morgan fingerprint density at radius 1 is 1.00 bits per heavy atom. The molecule has 0 spiro atoms. The molecule has 0 radical (unpaired) electrons. The minimum Gasteiger partial charge on any atom is -0.494 e. The van der Waals surface area contributed by atoms with Crippen LogP contribution in [0.15, 0.2) is 54.6 Å². The van der Waals surface area contributed by atoms with Gasteiger partial charge in [0.1, 0.15) is 5.75 Å². The number of hydrogen-bond acceptors (Lipinski definition) is 3. The van der Waals surface area contributed by atoms with Crippen LogP contribution in [0.3, 0.4) is 0 Å². The van der Waals surface area contributed by atoms with E-state index in [4.69, 9.17) is 4.74 Å². The first-order valence-electron chi connectivity index (χ1n) is 8.11. The summed E-state index contributed by atoms with van der Waals surface area (Å²) < 4.78 is 5.69. The highest BCUT2D eigenvalue weighted by atomic mass is 16.5. The molecule has 3 rings (SSSR count). The molecule has 0 bridgehead atoms. The van der Waals surface area contributed by atoms with Gasteiger partial charge in [-0.25, -0.2) is 0 Å². The number of hydrogen-bond donors (Lipinski definition) is 1. The fourth-order valence-corrected chi connectivity index (χ4v) is 3.13. The van der Waals surface area contributed by atoms with Crippen molar-refractivity contribution >= 4 is 0 Å². The maximum Gasteiger partial charge on any atom is 0.119 e. The number of rotatable bonds is 5. The van der Waals surface area contributed by atoms with Gasteiger partial charge in [0.25, 0.3) is 0 Å². The Hall–Kier alpha value is -1.84. The molecule has 2 aromatic rings. The molecule has 1 fully saturated rings. The molecule has 1 unspecified atom stereocenters. The molecule has 0 aromatic heterocycles. The third-order valence-electron chi connectivity index (χ3n) is 4.12. The Labute approximate surface area is 132 Å². The molecule has 1 N–H and O–H groups in total.